The van der Waals surface area contributed by atoms with Crippen LogP contribution in [0.1, 0.15) is 45.1 Å². The average Bonchev–Trinajstić information content (AvgIpc) is 2.41. The highest BCUT2D eigenvalue weighted by molar-refractivity contribution is 6.31. The second-order valence-electron chi connectivity index (χ2n) is 6.16. The summed E-state index contributed by atoms with van der Waals surface area (Å²) in [6, 6.07) is 1.91. The molecule has 0 spiro atoms. The molecule has 1 fully saturated rings. The van der Waals surface area contributed by atoms with E-state index in [1.807, 2.05) is 6.07 Å². The summed E-state index contributed by atoms with van der Waals surface area (Å²) >= 11 is 6.10. The molecule has 106 valence electrons. The molecule has 0 amide bonds. The van der Waals surface area contributed by atoms with Gasteiger partial charge < -0.3 is 5.11 Å². The monoisotopic (exact) mass is 281 g/mol. The van der Waals surface area contributed by atoms with Crippen LogP contribution >= 0.6 is 11.6 Å². The van der Waals surface area contributed by atoms with Gasteiger partial charge in [0.2, 0.25) is 0 Å². The zero-order valence-electron chi connectivity index (χ0n) is 11.8. The quantitative estimate of drug-likeness (QED) is 0.901. The van der Waals surface area contributed by atoms with Gasteiger partial charge in [-0.1, -0.05) is 25.4 Å². The van der Waals surface area contributed by atoms with E-state index < -0.39 is 0 Å². The third-order valence-electron chi connectivity index (χ3n) is 4.59. The minimum absolute atomic E-state index is 0.270. The van der Waals surface area contributed by atoms with E-state index in [4.69, 9.17) is 11.6 Å². The van der Waals surface area contributed by atoms with Gasteiger partial charge in [-0.25, -0.2) is 0 Å². The van der Waals surface area contributed by atoms with Crippen molar-refractivity contribution in [1.82, 2.24) is 4.98 Å². The molecule has 1 atom stereocenters. The van der Waals surface area contributed by atoms with Gasteiger partial charge in [-0.3, -0.25) is 4.98 Å². The Balaban J connectivity index is 1.88. The van der Waals surface area contributed by atoms with Crippen molar-refractivity contribution in [3.8, 4) is 0 Å². The Bertz CT molecular complexity index is 399. The molecule has 1 aromatic heterocycles. The number of rotatable bonds is 4. The van der Waals surface area contributed by atoms with Gasteiger partial charge >= 0.3 is 0 Å². The Hall–Kier alpha value is -0.600. The van der Waals surface area contributed by atoms with Crippen molar-refractivity contribution in [3.05, 3.63) is 29.0 Å². The minimum atomic E-state index is -0.270. The van der Waals surface area contributed by atoms with E-state index >= 15 is 0 Å². The van der Waals surface area contributed by atoms with Crippen molar-refractivity contribution in [1.29, 1.82) is 0 Å². The van der Waals surface area contributed by atoms with Gasteiger partial charge in [0.15, 0.2) is 0 Å². The van der Waals surface area contributed by atoms with Crippen molar-refractivity contribution in [2.75, 3.05) is 0 Å². The standard InChI is InChI=1S/C16H24ClNO/c1-11(2)12-3-5-13(6-4-12)16(19)9-14-7-8-18-10-15(14)17/h7-8,10-13,16,19H,3-6,9H2,1-2H3. The maximum absolute atomic E-state index is 10.4. The molecule has 1 saturated carbocycles. The Labute approximate surface area is 121 Å². The average molecular weight is 282 g/mol. The molecule has 0 radical (unpaired) electrons. The van der Waals surface area contributed by atoms with Crippen LogP contribution in [0.5, 0.6) is 0 Å². The summed E-state index contributed by atoms with van der Waals surface area (Å²) in [6.07, 6.45) is 8.57. The van der Waals surface area contributed by atoms with Gasteiger partial charge in [-0.05, 0) is 55.1 Å². The molecule has 1 heterocycles. The number of aliphatic hydroxyl groups is 1. The normalized spacial score (nSPS) is 25.5. The Morgan fingerprint density at radius 3 is 2.47 bits per heavy atom. The van der Waals surface area contributed by atoms with E-state index in [2.05, 4.69) is 18.8 Å². The second kappa shape index (κ2) is 6.71. The number of pyridine rings is 1. The summed E-state index contributed by atoms with van der Waals surface area (Å²) in [4.78, 5) is 3.98. The Morgan fingerprint density at radius 1 is 1.26 bits per heavy atom. The lowest BCUT2D eigenvalue weighted by atomic mass is 9.74. The lowest BCUT2D eigenvalue weighted by molar-refractivity contribution is 0.0675. The van der Waals surface area contributed by atoms with Gasteiger partial charge in [0.1, 0.15) is 0 Å². The van der Waals surface area contributed by atoms with Crippen molar-refractivity contribution in [3.63, 3.8) is 0 Å². The van der Waals surface area contributed by atoms with Crippen molar-refractivity contribution in [2.45, 2.75) is 52.1 Å². The first-order valence-electron chi connectivity index (χ1n) is 7.34. The zero-order valence-corrected chi connectivity index (χ0v) is 12.6. The fourth-order valence-electron chi connectivity index (χ4n) is 3.16. The number of hydrogen-bond acceptors (Lipinski definition) is 2. The molecule has 1 aromatic rings. The third-order valence-corrected chi connectivity index (χ3v) is 4.93. The van der Waals surface area contributed by atoms with E-state index in [1.54, 1.807) is 12.4 Å². The second-order valence-corrected chi connectivity index (χ2v) is 6.56. The molecule has 1 unspecified atom stereocenters. The van der Waals surface area contributed by atoms with Gasteiger partial charge in [-0.15, -0.1) is 0 Å². The number of nitrogens with zero attached hydrogens (tertiary/aromatic N) is 1. The van der Waals surface area contributed by atoms with Gasteiger partial charge in [-0.2, -0.15) is 0 Å². The van der Waals surface area contributed by atoms with E-state index in [1.165, 1.54) is 12.8 Å². The largest absolute Gasteiger partial charge is 0.392 e. The summed E-state index contributed by atoms with van der Waals surface area (Å²) in [7, 11) is 0. The van der Waals surface area contributed by atoms with Crippen LogP contribution in [0.15, 0.2) is 18.5 Å². The first kappa shape index (κ1) is 14.8. The first-order valence-corrected chi connectivity index (χ1v) is 7.72. The Morgan fingerprint density at radius 2 is 1.89 bits per heavy atom. The fraction of sp³-hybridized carbons (Fsp3) is 0.688. The van der Waals surface area contributed by atoms with Crippen LogP contribution in [-0.2, 0) is 6.42 Å². The molecule has 0 saturated heterocycles. The van der Waals surface area contributed by atoms with Crippen LogP contribution in [0.2, 0.25) is 5.02 Å². The lowest BCUT2D eigenvalue weighted by Crippen LogP contribution is -2.28. The molecule has 19 heavy (non-hydrogen) atoms. The molecule has 1 N–H and O–H groups in total. The molecule has 1 aliphatic rings. The zero-order chi connectivity index (χ0) is 13.8. The van der Waals surface area contributed by atoms with Gasteiger partial charge in [0.05, 0.1) is 11.1 Å². The SMILES string of the molecule is CC(C)C1CCC(C(O)Cc2ccncc2Cl)CC1. The molecule has 2 rings (SSSR count). The van der Waals surface area contributed by atoms with E-state index in [0.717, 1.165) is 30.2 Å². The summed E-state index contributed by atoms with van der Waals surface area (Å²) in [6.45, 7) is 4.61. The molecule has 2 nitrogen and oxygen atoms in total. The predicted molar refractivity (Wildman–Crippen MR) is 79.2 cm³/mol. The number of aliphatic hydroxyl groups excluding tert-OH is 1. The maximum atomic E-state index is 10.4. The van der Waals surface area contributed by atoms with Crippen LogP contribution in [-0.4, -0.2) is 16.2 Å². The van der Waals surface area contributed by atoms with E-state index in [-0.39, 0.29) is 6.10 Å². The van der Waals surface area contributed by atoms with Gasteiger partial charge in [0, 0.05) is 18.8 Å². The molecule has 0 aromatic carbocycles. The number of halogens is 1. The summed E-state index contributed by atoms with van der Waals surface area (Å²) < 4.78 is 0. The van der Waals surface area contributed by atoms with E-state index in [0.29, 0.717) is 17.4 Å². The summed E-state index contributed by atoms with van der Waals surface area (Å²) in [5.41, 5.74) is 1.01. The summed E-state index contributed by atoms with van der Waals surface area (Å²) in [5.74, 6) is 2.04. The number of hydrogen-bond donors (Lipinski definition) is 1. The Kier molecular flexibility index (Phi) is 5.23. The molecule has 0 aliphatic heterocycles. The van der Waals surface area contributed by atoms with Crippen LogP contribution in [0.4, 0.5) is 0 Å². The highest BCUT2D eigenvalue weighted by atomic mass is 35.5. The highest BCUT2D eigenvalue weighted by Gasteiger charge is 2.28. The maximum Gasteiger partial charge on any atom is 0.0622 e. The fourth-order valence-corrected chi connectivity index (χ4v) is 3.35. The van der Waals surface area contributed by atoms with Crippen LogP contribution in [0.25, 0.3) is 0 Å². The summed E-state index contributed by atoms with van der Waals surface area (Å²) in [5, 5.41) is 11.1. The topological polar surface area (TPSA) is 33.1 Å². The molecule has 0 bridgehead atoms. The van der Waals surface area contributed by atoms with E-state index in [9.17, 15) is 5.11 Å². The minimum Gasteiger partial charge on any atom is -0.392 e. The van der Waals surface area contributed by atoms with Gasteiger partial charge in [0.25, 0.3) is 0 Å². The smallest absolute Gasteiger partial charge is 0.0622 e. The third kappa shape index (κ3) is 3.93. The van der Waals surface area contributed by atoms with Crippen LogP contribution < -0.4 is 0 Å². The van der Waals surface area contributed by atoms with Crippen molar-refractivity contribution >= 4 is 11.6 Å². The highest BCUT2D eigenvalue weighted by Crippen LogP contribution is 2.35. The van der Waals surface area contributed by atoms with Crippen molar-refractivity contribution < 1.29 is 5.11 Å². The van der Waals surface area contributed by atoms with Crippen LogP contribution in [0, 0.1) is 17.8 Å². The molecular weight excluding hydrogens is 258 g/mol. The van der Waals surface area contributed by atoms with Crippen molar-refractivity contribution in [2.24, 2.45) is 17.8 Å². The first-order chi connectivity index (χ1) is 9.08. The molecular formula is C16H24ClNO. The molecule has 3 heteroatoms. The molecule has 1 aliphatic carbocycles. The number of aromatic nitrogens is 1. The predicted octanol–water partition coefficient (Wildman–Crippen LogP) is 4.10. The van der Waals surface area contributed by atoms with Crippen LogP contribution in [0.3, 0.4) is 0 Å². The lowest BCUT2D eigenvalue weighted by Gasteiger charge is -2.33.